The Bertz CT molecular complexity index is 1270. The van der Waals surface area contributed by atoms with E-state index >= 15 is 0 Å². The summed E-state index contributed by atoms with van der Waals surface area (Å²) in [7, 11) is 1.28. The standard InChI is InChI=1S/C21H21N3O5/c1-10-17(22)16-18(29-20(10)26)15(11(2)24(19(16)25)14-7-8-14)12-5-4-6-13(9-12)23-21(27)28-3/h4-6,9,14H,7-8,22H2,1-3H3,(H,23,27). The van der Waals surface area contributed by atoms with Gasteiger partial charge >= 0.3 is 11.7 Å². The van der Waals surface area contributed by atoms with E-state index in [4.69, 9.17) is 10.2 Å². The number of nitrogens with two attached hydrogens (primary N) is 1. The molecule has 0 aliphatic heterocycles. The van der Waals surface area contributed by atoms with Crippen LogP contribution in [0.4, 0.5) is 16.2 Å². The van der Waals surface area contributed by atoms with Crippen molar-refractivity contribution in [2.45, 2.75) is 32.7 Å². The number of fused-ring (bicyclic) bond motifs is 1. The summed E-state index contributed by atoms with van der Waals surface area (Å²) in [5, 5.41) is 2.82. The van der Waals surface area contributed by atoms with Crippen molar-refractivity contribution < 1.29 is 13.9 Å². The number of hydrogen-bond donors (Lipinski definition) is 2. The number of anilines is 2. The van der Waals surface area contributed by atoms with Crippen molar-refractivity contribution in [2.24, 2.45) is 0 Å². The lowest BCUT2D eigenvalue weighted by Gasteiger charge is -2.18. The lowest BCUT2D eigenvalue weighted by atomic mass is 9.99. The van der Waals surface area contributed by atoms with Crippen molar-refractivity contribution in [2.75, 3.05) is 18.2 Å². The predicted octanol–water partition coefficient (Wildman–Crippen LogP) is 3.33. The summed E-state index contributed by atoms with van der Waals surface area (Å²) >= 11 is 0. The minimum atomic E-state index is -0.599. The van der Waals surface area contributed by atoms with Gasteiger partial charge in [-0.25, -0.2) is 9.59 Å². The molecule has 0 spiro atoms. The number of nitrogens with zero attached hydrogens (tertiary/aromatic N) is 1. The second-order valence-electron chi connectivity index (χ2n) is 7.20. The number of carbonyl (C=O) groups excluding carboxylic acids is 1. The number of methoxy groups -OCH3 is 1. The molecular formula is C21H21N3O5. The van der Waals surface area contributed by atoms with E-state index in [9.17, 15) is 14.4 Å². The number of hydrogen-bond acceptors (Lipinski definition) is 6. The van der Waals surface area contributed by atoms with Crippen LogP contribution in [0, 0.1) is 13.8 Å². The van der Waals surface area contributed by atoms with Gasteiger partial charge in [-0.2, -0.15) is 0 Å². The van der Waals surface area contributed by atoms with E-state index < -0.39 is 11.7 Å². The highest BCUT2D eigenvalue weighted by Crippen LogP contribution is 2.40. The molecule has 3 N–H and O–H groups in total. The minimum absolute atomic E-state index is 0.105. The third-order valence-corrected chi connectivity index (χ3v) is 5.28. The minimum Gasteiger partial charge on any atom is -0.453 e. The molecule has 8 nitrogen and oxygen atoms in total. The number of rotatable bonds is 3. The average Bonchev–Trinajstić information content (AvgIpc) is 3.51. The molecule has 0 bridgehead atoms. The van der Waals surface area contributed by atoms with E-state index in [0.29, 0.717) is 22.5 Å². The van der Waals surface area contributed by atoms with Crippen LogP contribution in [0.15, 0.2) is 38.3 Å². The maximum absolute atomic E-state index is 13.2. The Kier molecular flexibility index (Phi) is 4.41. The molecule has 1 fully saturated rings. The molecule has 1 saturated carbocycles. The molecule has 1 aliphatic rings. The van der Waals surface area contributed by atoms with Gasteiger partial charge in [0.2, 0.25) is 0 Å². The fourth-order valence-electron chi connectivity index (χ4n) is 3.62. The van der Waals surface area contributed by atoms with E-state index in [0.717, 1.165) is 12.8 Å². The first-order valence-corrected chi connectivity index (χ1v) is 9.26. The van der Waals surface area contributed by atoms with Crippen molar-refractivity contribution in [3.63, 3.8) is 0 Å². The first kappa shape index (κ1) is 18.8. The molecule has 2 aromatic heterocycles. The molecular weight excluding hydrogens is 374 g/mol. The summed E-state index contributed by atoms with van der Waals surface area (Å²) in [6.07, 6.45) is 1.22. The number of ether oxygens (including phenoxy) is 1. The molecule has 1 amide bonds. The van der Waals surface area contributed by atoms with Gasteiger partial charge in [0, 0.05) is 23.0 Å². The van der Waals surface area contributed by atoms with Crippen LogP contribution >= 0.6 is 0 Å². The summed E-state index contributed by atoms with van der Waals surface area (Å²) in [6.45, 7) is 3.37. The number of carbonyl (C=O) groups is 1. The maximum Gasteiger partial charge on any atom is 0.411 e. The molecule has 0 saturated heterocycles. The predicted molar refractivity (Wildman–Crippen MR) is 110 cm³/mol. The van der Waals surface area contributed by atoms with Gasteiger partial charge in [-0.3, -0.25) is 10.1 Å². The Morgan fingerprint density at radius 1 is 1.28 bits per heavy atom. The molecule has 8 heteroatoms. The molecule has 4 rings (SSSR count). The average molecular weight is 395 g/mol. The summed E-state index contributed by atoms with van der Waals surface area (Å²) in [4.78, 5) is 37.1. The van der Waals surface area contributed by atoms with Crippen molar-refractivity contribution in [1.29, 1.82) is 0 Å². The molecule has 150 valence electrons. The first-order valence-electron chi connectivity index (χ1n) is 9.26. The zero-order chi connectivity index (χ0) is 20.9. The summed E-state index contributed by atoms with van der Waals surface area (Å²) < 4.78 is 11.9. The molecule has 0 atom stereocenters. The zero-order valence-electron chi connectivity index (χ0n) is 16.4. The van der Waals surface area contributed by atoms with Gasteiger partial charge in [-0.15, -0.1) is 0 Å². The van der Waals surface area contributed by atoms with Crippen LogP contribution in [-0.4, -0.2) is 17.8 Å². The second kappa shape index (κ2) is 6.80. The Balaban J connectivity index is 2.07. The molecule has 1 aliphatic carbocycles. The molecule has 1 aromatic carbocycles. The van der Waals surface area contributed by atoms with Crippen molar-refractivity contribution in [3.05, 3.63) is 56.3 Å². The van der Waals surface area contributed by atoms with Gasteiger partial charge in [-0.05, 0) is 44.4 Å². The van der Waals surface area contributed by atoms with Gasteiger partial charge in [-0.1, -0.05) is 12.1 Å². The van der Waals surface area contributed by atoms with Crippen LogP contribution in [-0.2, 0) is 4.74 Å². The van der Waals surface area contributed by atoms with Gasteiger partial charge in [0.05, 0.1) is 18.4 Å². The number of nitrogen functional groups attached to an aromatic ring is 1. The van der Waals surface area contributed by atoms with Gasteiger partial charge in [0.25, 0.3) is 5.56 Å². The van der Waals surface area contributed by atoms with Gasteiger partial charge in [0.1, 0.15) is 5.39 Å². The molecule has 0 unspecified atom stereocenters. The largest absolute Gasteiger partial charge is 0.453 e. The molecule has 3 aromatic rings. The Hall–Kier alpha value is -3.55. The van der Waals surface area contributed by atoms with Gasteiger partial charge < -0.3 is 19.5 Å². The number of amides is 1. The Morgan fingerprint density at radius 3 is 2.66 bits per heavy atom. The summed E-state index contributed by atoms with van der Waals surface area (Å²) in [5.41, 5.74) is 8.33. The normalized spacial score (nSPS) is 13.5. The van der Waals surface area contributed by atoms with Crippen molar-refractivity contribution >= 4 is 28.4 Å². The monoisotopic (exact) mass is 395 g/mol. The van der Waals surface area contributed by atoms with Gasteiger partial charge in [0.15, 0.2) is 5.58 Å². The van der Waals surface area contributed by atoms with Crippen LogP contribution < -0.4 is 22.2 Å². The second-order valence-corrected chi connectivity index (χ2v) is 7.20. The highest BCUT2D eigenvalue weighted by Gasteiger charge is 2.30. The number of benzene rings is 1. The third kappa shape index (κ3) is 3.06. The quantitative estimate of drug-likeness (QED) is 0.703. The van der Waals surface area contributed by atoms with Crippen LogP contribution in [0.2, 0.25) is 0 Å². The highest BCUT2D eigenvalue weighted by molar-refractivity contribution is 6.00. The lowest BCUT2D eigenvalue weighted by Crippen LogP contribution is -2.25. The summed E-state index contributed by atoms with van der Waals surface area (Å²) in [6, 6.07) is 7.13. The Labute approximate surface area is 165 Å². The van der Waals surface area contributed by atoms with E-state index in [1.54, 1.807) is 29.7 Å². The molecule has 2 heterocycles. The van der Waals surface area contributed by atoms with Crippen LogP contribution in [0.5, 0.6) is 0 Å². The van der Waals surface area contributed by atoms with E-state index in [-0.39, 0.29) is 33.8 Å². The molecule has 0 radical (unpaired) electrons. The Morgan fingerprint density at radius 2 is 2.00 bits per heavy atom. The first-order chi connectivity index (χ1) is 13.8. The highest BCUT2D eigenvalue weighted by atomic mass is 16.5. The van der Waals surface area contributed by atoms with E-state index in [2.05, 4.69) is 10.1 Å². The van der Waals surface area contributed by atoms with Crippen LogP contribution in [0.25, 0.3) is 22.1 Å². The van der Waals surface area contributed by atoms with Crippen LogP contribution in [0.1, 0.15) is 30.1 Å². The fraction of sp³-hybridized carbons (Fsp3) is 0.286. The van der Waals surface area contributed by atoms with E-state index in [1.165, 1.54) is 7.11 Å². The maximum atomic E-state index is 13.2. The SMILES string of the molecule is COC(=O)Nc1cccc(-c2c(C)n(C3CC3)c(=O)c3c(N)c(C)c(=O)oc23)c1. The van der Waals surface area contributed by atoms with Crippen LogP contribution in [0.3, 0.4) is 0 Å². The zero-order valence-corrected chi connectivity index (χ0v) is 16.4. The number of aromatic nitrogens is 1. The number of nitrogens with one attached hydrogen (secondary N) is 1. The topological polar surface area (TPSA) is 117 Å². The fourth-order valence-corrected chi connectivity index (χ4v) is 3.62. The van der Waals surface area contributed by atoms with Crippen molar-refractivity contribution in [1.82, 2.24) is 4.57 Å². The third-order valence-electron chi connectivity index (χ3n) is 5.28. The number of pyridine rings is 1. The molecule has 29 heavy (non-hydrogen) atoms. The smallest absolute Gasteiger partial charge is 0.411 e. The lowest BCUT2D eigenvalue weighted by molar-refractivity contribution is 0.187. The van der Waals surface area contributed by atoms with Crippen molar-refractivity contribution in [3.8, 4) is 11.1 Å². The van der Waals surface area contributed by atoms with E-state index in [1.807, 2.05) is 13.0 Å². The summed E-state index contributed by atoms with van der Waals surface area (Å²) in [5.74, 6) is 0.